The minimum Gasteiger partial charge on any atom is -0.377 e. The number of nitrogens with zero attached hydrogens (tertiary/aromatic N) is 1. The molecule has 0 spiro atoms. The van der Waals surface area contributed by atoms with Crippen molar-refractivity contribution in [1.29, 1.82) is 0 Å². The van der Waals surface area contributed by atoms with Crippen LogP contribution >= 0.6 is 21.6 Å². The van der Waals surface area contributed by atoms with E-state index in [4.69, 9.17) is 9.47 Å². The predicted molar refractivity (Wildman–Crippen MR) is 136 cm³/mol. The van der Waals surface area contributed by atoms with E-state index in [1.807, 2.05) is 18.2 Å². The molecule has 192 valence electrons. The maximum atomic E-state index is 11.8. The lowest BCUT2D eigenvalue weighted by Crippen LogP contribution is -2.41. The summed E-state index contributed by atoms with van der Waals surface area (Å²) in [4.78, 5) is 39.3. The Bertz CT molecular complexity index is 700. The molecule has 1 atom stereocenters. The third kappa shape index (κ3) is 15.9. The molecule has 0 radical (unpaired) electrons. The molecule has 12 heteroatoms. The topological polar surface area (TPSA) is 131 Å². The highest BCUT2D eigenvalue weighted by Gasteiger charge is 2.13. The summed E-state index contributed by atoms with van der Waals surface area (Å²) in [7, 11) is 6.52. The van der Waals surface area contributed by atoms with E-state index in [2.05, 4.69) is 26.3 Å². The summed E-state index contributed by atoms with van der Waals surface area (Å²) < 4.78 is 10.7. The smallest absolute Gasteiger partial charge is 0.245 e. The molecule has 3 amide bonds. The maximum absolute atomic E-state index is 11.8. The van der Waals surface area contributed by atoms with Gasteiger partial charge in [-0.3, -0.25) is 14.4 Å². The summed E-state index contributed by atoms with van der Waals surface area (Å²) in [6.07, 6.45) is 4.51. The molecule has 0 saturated heterocycles. The van der Waals surface area contributed by atoms with Crippen LogP contribution in [0.5, 0.6) is 0 Å². The summed E-state index contributed by atoms with van der Waals surface area (Å²) in [6, 6.07) is 5.53. The van der Waals surface area contributed by atoms with Gasteiger partial charge in [-0.1, -0.05) is 16.9 Å². The zero-order valence-corrected chi connectivity index (χ0v) is 21.6. The van der Waals surface area contributed by atoms with E-state index >= 15 is 0 Å². The summed E-state index contributed by atoms with van der Waals surface area (Å²) in [5, 5.41) is 12.1. The molecule has 0 fully saturated rings. The first-order valence-corrected chi connectivity index (χ1v) is 13.7. The van der Waals surface area contributed by atoms with Gasteiger partial charge in [0, 0.05) is 38.5 Å². The second-order valence-electron chi connectivity index (χ2n) is 7.14. The zero-order valence-electron chi connectivity index (χ0n) is 20.0. The number of pyridine rings is 1. The molecule has 0 bridgehead atoms. The van der Waals surface area contributed by atoms with Crippen LogP contribution in [0, 0.1) is 0 Å². The van der Waals surface area contributed by atoms with Gasteiger partial charge >= 0.3 is 0 Å². The molecule has 34 heavy (non-hydrogen) atoms. The number of hydrogen-bond acceptors (Lipinski definition) is 9. The number of aromatic nitrogens is 1. The first-order chi connectivity index (χ1) is 16.6. The molecule has 1 rings (SSSR count). The molecule has 0 aliphatic rings. The summed E-state index contributed by atoms with van der Waals surface area (Å²) >= 11 is 0. The normalized spacial score (nSPS) is 11.6. The van der Waals surface area contributed by atoms with Crippen molar-refractivity contribution in [2.45, 2.75) is 36.8 Å². The molecule has 4 N–H and O–H groups in total. The van der Waals surface area contributed by atoms with Crippen LogP contribution in [0.25, 0.3) is 0 Å². The van der Waals surface area contributed by atoms with Gasteiger partial charge in [0.05, 0.1) is 25.9 Å². The minimum absolute atomic E-state index is 0.0132. The van der Waals surface area contributed by atoms with Gasteiger partial charge in [0.1, 0.15) is 11.6 Å². The number of rotatable bonds is 20. The van der Waals surface area contributed by atoms with E-state index in [0.717, 1.165) is 17.9 Å². The van der Waals surface area contributed by atoms with Gasteiger partial charge in [-0.2, -0.15) is 0 Å². The van der Waals surface area contributed by atoms with Gasteiger partial charge in [0.2, 0.25) is 17.7 Å². The largest absolute Gasteiger partial charge is 0.377 e. The summed E-state index contributed by atoms with van der Waals surface area (Å²) in [6.45, 7) is 2.00. The molecule has 0 aliphatic carbocycles. The quantitative estimate of drug-likeness (QED) is 0.148. The van der Waals surface area contributed by atoms with Crippen LogP contribution in [0.4, 0.5) is 0 Å². The van der Waals surface area contributed by atoms with E-state index in [9.17, 15) is 14.4 Å². The number of carbonyl (C=O) groups excluding carboxylic acids is 3. The Morgan fingerprint density at radius 2 is 1.79 bits per heavy atom. The summed E-state index contributed by atoms with van der Waals surface area (Å²) in [5.74, 6) is 0.481. The average molecular weight is 516 g/mol. The van der Waals surface area contributed by atoms with Crippen molar-refractivity contribution in [1.82, 2.24) is 26.3 Å². The molecule has 0 saturated carbocycles. The Morgan fingerprint density at radius 1 is 1.00 bits per heavy atom. The lowest BCUT2D eigenvalue weighted by atomic mass is 10.1. The van der Waals surface area contributed by atoms with Crippen LogP contribution in [0.2, 0.25) is 0 Å². The van der Waals surface area contributed by atoms with Crippen molar-refractivity contribution in [3.8, 4) is 0 Å². The molecule has 0 aliphatic heterocycles. The monoisotopic (exact) mass is 515 g/mol. The molecule has 1 aromatic heterocycles. The first-order valence-electron chi connectivity index (χ1n) is 11.3. The fraction of sp³-hybridized carbons (Fsp3) is 0.636. The third-order valence-corrected chi connectivity index (χ3v) is 6.79. The van der Waals surface area contributed by atoms with E-state index in [-0.39, 0.29) is 30.4 Å². The van der Waals surface area contributed by atoms with Crippen LogP contribution in [0.15, 0.2) is 29.4 Å². The van der Waals surface area contributed by atoms with Crippen molar-refractivity contribution >= 4 is 39.3 Å². The highest BCUT2D eigenvalue weighted by molar-refractivity contribution is 8.76. The number of carbonyl (C=O) groups is 3. The van der Waals surface area contributed by atoms with Gasteiger partial charge in [-0.25, -0.2) is 4.98 Å². The first kappa shape index (κ1) is 30.2. The van der Waals surface area contributed by atoms with Gasteiger partial charge in [-0.15, -0.1) is 0 Å². The molecule has 1 heterocycles. The van der Waals surface area contributed by atoms with Crippen LogP contribution < -0.4 is 21.3 Å². The van der Waals surface area contributed by atoms with Gasteiger partial charge in [-0.05, 0) is 49.2 Å². The Morgan fingerprint density at radius 3 is 2.53 bits per heavy atom. The Hall–Kier alpha value is -1.86. The Balaban J connectivity index is 1.87. The maximum Gasteiger partial charge on any atom is 0.245 e. The van der Waals surface area contributed by atoms with Crippen LogP contribution in [-0.4, -0.2) is 88.1 Å². The van der Waals surface area contributed by atoms with Crippen molar-refractivity contribution < 1.29 is 23.9 Å². The fourth-order valence-electron chi connectivity index (χ4n) is 2.70. The Labute approximate surface area is 209 Å². The molecule has 10 nitrogen and oxygen atoms in total. The average Bonchev–Trinajstić information content (AvgIpc) is 2.85. The van der Waals surface area contributed by atoms with Crippen LogP contribution in [-0.2, 0) is 23.9 Å². The molecular formula is C22H37N5O5S2. The van der Waals surface area contributed by atoms with Gasteiger partial charge < -0.3 is 30.7 Å². The molecular weight excluding hydrogens is 478 g/mol. The highest BCUT2D eigenvalue weighted by Crippen LogP contribution is 2.29. The number of ether oxygens (including phenoxy) is 2. The molecule has 1 unspecified atom stereocenters. The number of nitrogens with one attached hydrogen (secondary N) is 4. The Kier molecular flexibility index (Phi) is 18.2. The van der Waals surface area contributed by atoms with E-state index in [1.54, 1.807) is 41.9 Å². The van der Waals surface area contributed by atoms with E-state index in [1.165, 1.54) is 0 Å². The zero-order chi connectivity index (χ0) is 24.9. The predicted octanol–water partition coefficient (Wildman–Crippen LogP) is 0.982. The van der Waals surface area contributed by atoms with E-state index < -0.39 is 0 Å². The third-order valence-electron chi connectivity index (χ3n) is 4.52. The van der Waals surface area contributed by atoms with Gasteiger partial charge in [0.25, 0.3) is 0 Å². The summed E-state index contributed by atoms with van der Waals surface area (Å²) in [5.41, 5.74) is 0. The molecule has 0 aromatic carbocycles. The lowest BCUT2D eigenvalue weighted by Gasteiger charge is -2.14. The number of likely N-dealkylation sites (N-methyl/N-ethyl adjacent to an activating group) is 2. The fourth-order valence-corrected chi connectivity index (χ4v) is 4.57. The number of unbranched alkanes of at least 4 members (excludes halogenated alkanes) is 1. The van der Waals surface area contributed by atoms with Crippen LogP contribution in [0.1, 0.15) is 25.7 Å². The van der Waals surface area contributed by atoms with Crippen LogP contribution in [0.3, 0.4) is 0 Å². The van der Waals surface area contributed by atoms with E-state index in [0.29, 0.717) is 51.5 Å². The molecule has 1 aromatic rings. The highest BCUT2D eigenvalue weighted by atomic mass is 33.1. The second-order valence-corrected chi connectivity index (χ2v) is 9.58. The SMILES string of the molecule is CNC(=O)C(CCCCNC(=O)COCCOCCNC(=O)CCSSc1ccccn1)NC. The minimum atomic E-state index is -0.210. The number of hydrogen-bond donors (Lipinski definition) is 4. The van der Waals surface area contributed by atoms with Crippen molar-refractivity contribution in [2.24, 2.45) is 0 Å². The van der Waals surface area contributed by atoms with Gasteiger partial charge in [0.15, 0.2) is 0 Å². The lowest BCUT2D eigenvalue weighted by molar-refractivity contribution is -0.126. The standard InChI is InChI=1S/C22H37N5O5S2/c1-23-18(22(30)24-2)7-3-5-10-25-20(29)17-32-15-14-31-13-12-26-19(28)9-16-33-34-21-8-4-6-11-27-21/h4,6,8,11,18,23H,3,5,7,9-10,12-17H2,1-2H3,(H,24,30)(H,25,29)(H,26,28). The van der Waals surface area contributed by atoms with Crippen molar-refractivity contribution in [3.63, 3.8) is 0 Å². The second kappa shape index (κ2) is 20.5. The van der Waals surface area contributed by atoms with Crippen molar-refractivity contribution in [3.05, 3.63) is 24.4 Å². The van der Waals surface area contributed by atoms with Crippen molar-refractivity contribution in [2.75, 3.05) is 59.4 Å². The number of amides is 3.